The third kappa shape index (κ3) is 2.93. The van der Waals surface area contributed by atoms with Gasteiger partial charge in [-0.3, -0.25) is 4.79 Å². The number of carbonyl (C=O) groups is 1. The van der Waals surface area contributed by atoms with E-state index >= 15 is 0 Å². The van der Waals surface area contributed by atoms with Gasteiger partial charge in [-0.1, -0.05) is 41.9 Å². The minimum absolute atomic E-state index is 0.0590. The summed E-state index contributed by atoms with van der Waals surface area (Å²) >= 11 is 5.98. The molecule has 0 spiro atoms. The lowest BCUT2D eigenvalue weighted by Crippen LogP contribution is -2.15. The summed E-state index contributed by atoms with van der Waals surface area (Å²) in [7, 11) is 0. The molecule has 0 fully saturated rings. The highest BCUT2D eigenvalue weighted by Crippen LogP contribution is 2.29. The molecular weight excluding hydrogens is 353 g/mol. The summed E-state index contributed by atoms with van der Waals surface area (Å²) in [5.74, 6) is -0.672. The largest absolute Gasteiger partial charge is 0.338 e. The number of fused-ring (bicyclic) bond motifs is 1. The van der Waals surface area contributed by atoms with E-state index in [0.717, 1.165) is 11.0 Å². The molecule has 4 aromatic rings. The van der Waals surface area contributed by atoms with E-state index in [1.54, 1.807) is 12.1 Å². The average Bonchev–Trinajstić information content (AvgIpc) is 3.06. The molecule has 26 heavy (non-hydrogen) atoms. The number of rotatable bonds is 3. The first kappa shape index (κ1) is 16.3. The molecule has 128 valence electrons. The van der Waals surface area contributed by atoms with E-state index in [1.807, 2.05) is 36.4 Å². The van der Waals surface area contributed by atoms with E-state index in [9.17, 15) is 9.18 Å². The van der Waals surface area contributed by atoms with Gasteiger partial charge in [-0.15, -0.1) is 0 Å². The van der Waals surface area contributed by atoms with E-state index in [-0.39, 0.29) is 10.6 Å². The standard InChI is InChI=1S/C20H13ClFN3O/c21-13-7-5-8-14(22)18(13)20(26)25-15-9-2-1-6-12(15)19-23-16-10-3-4-11-17(16)24-19/h1-11H,(H,23,24)(H,25,26). The normalized spacial score (nSPS) is 10.8. The van der Waals surface area contributed by atoms with E-state index in [1.165, 1.54) is 18.2 Å². The predicted molar refractivity (Wildman–Crippen MR) is 101 cm³/mol. The molecular formula is C20H13ClFN3O. The fourth-order valence-electron chi connectivity index (χ4n) is 2.78. The zero-order valence-corrected chi connectivity index (χ0v) is 14.2. The maximum Gasteiger partial charge on any atom is 0.260 e. The number of H-pyrrole nitrogens is 1. The molecule has 2 N–H and O–H groups in total. The Hall–Kier alpha value is -3.18. The van der Waals surface area contributed by atoms with Crippen LogP contribution in [0.2, 0.25) is 5.02 Å². The number of benzene rings is 3. The SMILES string of the molecule is O=C(Nc1ccccc1-c1nc2ccccc2[nH]1)c1c(F)cccc1Cl. The second-order valence-corrected chi connectivity index (χ2v) is 6.11. The highest BCUT2D eigenvalue weighted by atomic mass is 35.5. The Bertz CT molecular complexity index is 1070. The summed E-state index contributed by atoms with van der Waals surface area (Å²) in [5, 5.41) is 2.79. The Morgan fingerprint density at radius 1 is 1.00 bits per heavy atom. The van der Waals surface area contributed by atoms with Crippen molar-refractivity contribution in [3.63, 3.8) is 0 Å². The highest BCUT2D eigenvalue weighted by Gasteiger charge is 2.18. The molecule has 0 atom stereocenters. The number of hydrogen-bond donors (Lipinski definition) is 2. The van der Waals surface area contributed by atoms with Gasteiger partial charge in [-0.25, -0.2) is 9.37 Å². The molecule has 0 bridgehead atoms. The van der Waals surface area contributed by atoms with Crippen molar-refractivity contribution in [3.05, 3.63) is 83.1 Å². The molecule has 4 rings (SSSR count). The van der Waals surface area contributed by atoms with Crippen molar-refractivity contribution in [3.8, 4) is 11.4 Å². The Morgan fingerprint density at radius 3 is 2.58 bits per heavy atom. The molecule has 0 unspecified atom stereocenters. The number of amides is 1. The molecule has 1 amide bonds. The summed E-state index contributed by atoms with van der Waals surface area (Å²) in [6, 6.07) is 19.0. The van der Waals surface area contributed by atoms with Crippen LogP contribution >= 0.6 is 11.6 Å². The van der Waals surface area contributed by atoms with Crippen LogP contribution in [0.4, 0.5) is 10.1 Å². The number of nitrogens with zero attached hydrogens (tertiary/aromatic N) is 1. The molecule has 1 heterocycles. The summed E-state index contributed by atoms with van der Waals surface area (Å²) in [6.07, 6.45) is 0. The van der Waals surface area contributed by atoms with Crippen LogP contribution in [0.25, 0.3) is 22.4 Å². The number of halogens is 2. The fraction of sp³-hybridized carbons (Fsp3) is 0. The Labute approximate surface area is 153 Å². The first-order valence-corrected chi connectivity index (χ1v) is 8.31. The van der Waals surface area contributed by atoms with Crippen LogP contribution in [0.15, 0.2) is 66.7 Å². The van der Waals surface area contributed by atoms with Crippen LogP contribution in [0, 0.1) is 5.82 Å². The van der Waals surface area contributed by atoms with Crippen LogP contribution < -0.4 is 5.32 Å². The van der Waals surface area contributed by atoms with Gasteiger partial charge in [0.2, 0.25) is 0 Å². The molecule has 0 saturated carbocycles. The maximum atomic E-state index is 14.0. The number of nitrogens with one attached hydrogen (secondary N) is 2. The van der Waals surface area contributed by atoms with Crippen molar-refractivity contribution in [1.82, 2.24) is 9.97 Å². The first-order valence-electron chi connectivity index (χ1n) is 7.93. The van der Waals surface area contributed by atoms with Gasteiger partial charge < -0.3 is 10.3 Å². The predicted octanol–water partition coefficient (Wildman–Crippen LogP) is 5.27. The summed E-state index contributed by atoms with van der Waals surface area (Å²) < 4.78 is 14.0. The second-order valence-electron chi connectivity index (χ2n) is 5.70. The van der Waals surface area contributed by atoms with E-state index in [2.05, 4.69) is 15.3 Å². The molecule has 6 heteroatoms. The van der Waals surface area contributed by atoms with Crippen molar-refractivity contribution in [2.45, 2.75) is 0 Å². The van der Waals surface area contributed by atoms with Crippen molar-refractivity contribution in [2.75, 3.05) is 5.32 Å². The molecule has 0 aliphatic heterocycles. The first-order chi connectivity index (χ1) is 12.6. The maximum absolute atomic E-state index is 14.0. The van der Waals surface area contributed by atoms with Crippen molar-refractivity contribution in [1.29, 1.82) is 0 Å². The third-order valence-corrected chi connectivity index (χ3v) is 4.32. The average molecular weight is 366 g/mol. The van der Waals surface area contributed by atoms with Crippen molar-refractivity contribution < 1.29 is 9.18 Å². The summed E-state index contributed by atoms with van der Waals surface area (Å²) in [6.45, 7) is 0. The molecule has 0 radical (unpaired) electrons. The lowest BCUT2D eigenvalue weighted by Gasteiger charge is -2.11. The topological polar surface area (TPSA) is 57.8 Å². The molecule has 0 aliphatic rings. The lowest BCUT2D eigenvalue weighted by molar-refractivity contribution is 0.102. The van der Waals surface area contributed by atoms with Gasteiger partial charge in [0, 0.05) is 5.56 Å². The van der Waals surface area contributed by atoms with Gasteiger partial charge >= 0.3 is 0 Å². The number of carbonyl (C=O) groups excluding carboxylic acids is 1. The molecule has 1 aromatic heterocycles. The second kappa shape index (κ2) is 6.61. The Kier molecular flexibility index (Phi) is 4.14. The van der Waals surface area contributed by atoms with E-state index < -0.39 is 11.7 Å². The number of imidazole rings is 1. The van der Waals surface area contributed by atoms with E-state index in [0.29, 0.717) is 17.1 Å². The van der Waals surface area contributed by atoms with Gasteiger partial charge in [0.25, 0.3) is 5.91 Å². The monoisotopic (exact) mass is 365 g/mol. The summed E-state index contributed by atoms with van der Waals surface area (Å²) in [5.41, 5.74) is 2.73. The minimum Gasteiger partial charge on any atom is -0.338 e. The number of para-hydroxylation sites is 3. The van der Waals surface area contributed by atoms with Crippen LogP contribution in [0.1, 0.15) is 10.4 Å². The number of aromatic nitrogens is 2. The minimum atomic E-state index is -0.670. The molecule has 3 aromatic carbocycles. The lowest BCUT2D eigenvalue weighted by atomic mass is 10.1. The van der Waals surface area contributed by atoms with Gasteiger partial charge in [-0.05, 0) is 36.4 Å². The van der Waals surface area contributed by atoms with E-state index in [4.69, 9.17) is 11.6 Å². The van der Waals surface area contributed by atoms with Crippen LogP contribution in [0.3, 0.4) is 0 Å². The quantitative estimate of drug-likeness (QED) is 0.519. The zero-order chi connectivity index (χ0) is 18.1. The van der Waals surface area contributed by atoms with Crippen LogP contribution in [0.5, 0.6) is 0 Å². The molecule has 4 nitrogen and oxygen atoms in total. The zero-order valence-electron chi connectivity index (χ0n) is 13.5. The highest BCUT2D eigenvalue weighted by molar-refractivity contribution is 6.34. The van der Waals surface area contributed by atoms with Crippen LogP contribution in [-0.4, -0.2) is 15.9 Å². The van der Waals surface area contributed by atoms with Gasteiger partial charge in [0.15, 0.2) is 0 Å². The third-order valence-electron chi connectivity index (χ3n) is 4.01. The van der Waals surface area contributed by atoms with Gasteiger partial charge in [0.05, 0.1) is 27.3 Å². The number of aromatic amines is 1. The summed E-state index contributed by atoms with van der Waals surface area (Å²) in [4.78, 5) is 20.3. The number of anilines is 1. The van der Waals surface area contributed by atoms with Gasteiger partial charge in [-0.2, -0.15) is 0 Å². The Balaban J connectivity index is 1.73. The fourth-order valence-corrected chi connectivity index (χ4v) is 3.03. The van der Waals surface area contributed by atoms with Crippen LogP contribution in [-0.2, 0) is 0 Å². The molecule has 0 aliphatic carbocycles. The van der Waals surface area contributed by atoms with Crippen molar-refractivity contribution in [2.24, 2.45) is 0 Å². The van der Waals surface area contributed by atoms with Crippen molar-refractivity contribution >= 4 is 34.2 Å². The van der Waals surface area contributed by atoms with Gasteiger partial charge in [0.1, 0.15) is 11.6 Å². The molecule has 0 saturated heterocycles. The Morgan fingerprint density at radius 2 is 1.77 bits per heavy atom. The smallest absolute Gasteiger partial charge is 0.260 e. The number of hydrogen-bond acceptors (Lipinski definition) is 2.